The molecule has 0 aromatic rings. The van der Waals surface area contributed by atoms with Crippen molar-refractivity contribution in [1.29, 1.82) is 0 Å². The molecule has 0 radical (unpaired) electrons. The molecule has 3 nitrogen and oxygen atoms in total. The van der Waals surface area contributed by atoms with E-state index in [-0.39, 0.29) is 0 Å². The molecule has 0 atom stereocenters. The SMILES string of the molecule is CCSC(N)=NN=C(C)C. The maximum Gasteiger partial charge on any atom is 0.180 e. The first-order valence-electron chi connectivity index (χ1n) is 3.14. The summed E-state index contributed by atoms with van der Waals surface area (Å²) in [5.74, 6) is 0.938. The molecule has 0 aliphatic carbocycles. The van der Waals surface area contributed by atoms with E-state index in [1.807, 2.05) is 20.8 Å². The van der Waals surface area contributed by atoms with Gasteiger partial charge in [-0.3, -0.25) is 0 Å². The van der Waals surface area contributed by atoms with Gasteiger partial charge in [0.25, 0.3) is 0 Å². The van der Waals surface area contributed by atoms with Crippen molar-refractivity contribution in [3.8, 4) is 0 Å². The largest absolute Gasteiger partial charge is 0.377 e. The quantitative estimate of drug-likeness (QED) is 0.376. The molecule has 0 saturated heterocycles. The average Bonchev–Trinajstić information content (AvgIpc) is 1.85. The number of rotatable bonds is 2. The summed E-state index contributed by atoms with van der Waals surface area (Å²) in [6, 6.07) is 0. The molecule has 0 unspecified atom stereocenters. The number of hydrogen-bond acceptors (Lipinski definition) is 3. The molecule has 0 amide bonds. The molecule has 0 aromatic carbocycles. The predicted octanol–water partition coefficient (Wildman–Crippen LogP) is 1.45. The van der Waals surface area contributed by atoms with Crippen molar-refractivity contribution in [2.45, 2.75) is 20.8 Å². The van der Waals surface area contributed by atoms with Crippen LogP contribution in [0.25, 0.3) is 0 Å². The lowest BCUT2D eigenvalue weighted by atomic mass is 10.5. The van der Waals surface area contributed by atoms with Crippen LogP contribution in [0, 0.1) is 0 Å². The molecule has 0 rings (SSSR count). The van der Waals surface area contributed by atoms with Crippen molar-refractivity contribution < 1.29 is 0 Å². The van der Waals surface area contributed by atoms with E-state index in [0.717, 1.165) is 11.5 Å². The van der Waals surface area contributed by atoms with Crippen molar-refractivity contribution >= 4 is 22.6 Å². The number of nitrogens with zero attached hydrogens (tertiary/aromatic N) is 2. The fourth-order valence-corrected chi connectivity index (χ4v) is 0.720. The van der Waals surface area contributed by atoms with Gasteiger partial charge >= 0.3 is 0 Å². The van der Waals surface area contributed by atoms with Gasteiger partial charge in [0.1, 0.15) is 0 Å². The van der Waals surface area contributed by atoms with E-state index in [1.165, 1.54) is 11.8 Å². The van der Waals surface area contributed by atoms with Gasteiger partial charge in [0.2, 0.25) is 0 Å². The molecule has 10 heavy (non-hydrogen) atoms. The van der Waals surface area contributed by atoms with Gasteiger partial charge in [-0.25, -0.2) is 0 Å². The lowest BCUT2D eigenvalue weighted by Crippen LogP contribution is -2.05. The van der Waals surface area contributed by atoms with E-state index in [2.05, 4.69) is 10.2 Å². The molecule has 0 aliphatic heterocycles. The first-order valence-corrected chi connectivity index (χ1v) is 4.12. The molecule has 58 valence electrons. The summed E-state index contributed by atoms with van der Waals surface area (Å²) in [5.41, 5.74) is 6.35. The first-order chi connectivity index (χ1) is 4.66. The van der Waals surface area contributed by atoms with E-state index >= 15 is 0 Å². The molecule has 0 spiro atoms. The highest BCUT2D eigenvalue weighted by molar-refractivity contribution is 8.13. The second kappa shape index (κ2) is 5.29. The number of thioether (sulfide) groups is 1. The zero-order valence-corrected chi connectivity index (χ0v) is 7.40. The van der Waals surface area contributed by atoms with Gasteiger partial charge in [0.15, 0.2) is 5.17 Å². The number of nitrogens with two attached hydrogens (primary N) is 1. The Morgan fingerprint density at radius 1 is 1.40 bits per heavy atom. The van der Waals surface area contributed by atoms with Crippen LogP contribution >= 0.6 is 11.8 Å². The van der Waals surface area contributed by atoms with E-state index in [4.69, 9.17) is 5.73 Å². The van der Waals surface area contributed by atoms with Crippen molar-refractivity contribution in [2.75, 3.05) is 5.75 Å². The molecular formula is C6H13N3S. The molecular weight excluding hydrogens is 146 g/mol. The van der Waals surface area contributed by atoms with Crippen molar-refractivity contribution in [2.24, 2.45) is 15.9 Å². The van der Waals surface area contributed by atoms with Gasteiger partial charge in [-0.2, -0.15) is 5.10 Å². The second-order valence-electron chi connectivity index (χ2n) is 1.92. The fourth-order valence-electron chi connectivity index (χ4n) is 0.326. The standard InChI is InChI=1S/C6H13N3S/c1-4-10-6(7)9-8-5(2)3/h4H2,1-3H3,(H2,7,9). The minimum absolute atomic E-state index is 0.531. The van der Waals surface area contributed by atoms with Gasteiger partial charge in [-0.05, 0) is 19.6 Å². The Morgan fingerprint density at radius 2 is 2.00 bits per heavy atom. The number of hydrogen-bond donors (Lipinski definition) is 1. The van der Waals surface area contributed by atoms with E-state index in [9.17, 15) is 0 Å². The highest BCUT2D eigenvalue weighted by atomic mass is 32.2. The van der Waals surface area contributed by atoms with Crippen LogP contribution < -0.4 is 5.73 Å². The van der Waals surface area contributed by atoms with Crippen LogP contribution in [0.15, 0.2) is 10.2 Å². The van der Waals surface area contributed by atoms with Gasteiger partial charge < -0.3 is 5.73 Å². The Bertz CT molecular complexity index is 147. The van der Waals surface area contributed by atoms with Crippen LogP contribution in [0.5, 0.6) is 0 Å². The minimum atomic E-state index is 0.531. The van der Waals surface area contributed by atoms with Crippen LogP contribution in [0.1, 0.15) is 20.8 Å². The van der Waals surface area contributed by atoms with Gasteiger partial charge in [-0.15, -0.1) is 5.10 Å². The Morgan fingerprint density at radius 3 is 2.40 bits per heavy atom. The average molecular weight is 159 g/mol. The highest BCUT2D eigenvalue weighted by Gasteiger charge is 1.86. The lowest BCUT2D eigenvalue weighted by Gasteiger charge is -1.91. The van der Waals surface area contributed by atoms with Crippen LogP contribution in [0.4, 0.5) is 0 Å². The molecule has 0 bridgehead atoms. The normalized spacial score (nSPS) is 11.3. The van der Waals surface area contributed by atoms with Crippen molar-refractivity contribution in [3.63, 3.8) is 0 Å². The maximum atomic E-state index is 5.44. The van der Waals surface area contributed by atoms with Gasteiger partial charge in [0, 0.05) is 5.71 Å². The highest BCUT2D eigenvalue weighted by Crippen LogP contribution is 1.97. The Kier molecular flexibility index (Phi) is 5.02. The third-order valence-electron chi connectivity index (χ3n) is 0.641. The van der Waals surface area contributed by atoms with Crippen LogP contribution in [-0.2, 0) is 0 Å². The van der Waals surface area contributed by atoms with E-state index in [1.54, 1.807) is 0 Å². The lowest BCUT2D eigenvalue weighted by molar-refractivity contribution is 1.22. The van der Waals surface area contributed by atoms with Crippen LogP contribution in [-0.4, -0.2) is 16.6 Å². The molecule has 0 fully saturated rings. The van der Waals surface area contributed by atoms with Gasteiger partial charge in [0.05, 0.1) is 0 Å². The molecule has 0 saturated carbocycles. The van der Waals surface area contributed by atoms with Gasteiger partial charge in [-0.1, -0.05) is 18.7 Å². The zero-order valence-electron chi connectivity index (χ0n) is 6.59. The first kappa shape index (κ1) is 9.49. The third kappa shape index (κ3) is 5.62. The molecule has 2 N–H and O–H groups in total. The Balaban J connectivity index is 3.79. The Labute approximate surface area is 65.8 Å². The second-order valence-corrected chi connectivity index (χ2v) is 3.20. The smallest absolute Gasteiger partial charge is 0.180 e. The van der Waals surface area contributed by atoms with E-state index in [0.29, 0.717) is 5.17 Å². The third-order valence-corrected chi connectivity index (χ3v) is 1.31. The summed E-state index contributed by atoms with van der Waals surface area (Å²) in [7, 11) is 0. The fraction of sp³-hybridized carbons (Fsp3) is 0.667. The Hall–Kier alpha value is -0.510. The number of amidine groups is 1. The summed E-state index contributed by atoms with van der Waals surface area (Å²) in [6.45, 7) is 5.79. The van der Waals surface area contributed by atoms with E-state index < -0.39 is 0 Å². The summed E-state index contributed by atoms with van der Waals surface area (Å²) >= 11 is 1.49. The summed E-state index contributed by atoms with van der Waals surface area (Å²) in [4.78, 5) is 0. The summed E-state index contributed by atoms with van der Waals surface area (Å²) in [5, 5.41) is 8.09. The minimum Gasteiger partial charge on any atom is -0.377 e. The molecule has 0 aliphatic rings. The van der Waals surface area contributed by atoms with Crippen molar-refractivity contribution in [1.82, 2.24) is 0 Å². The summed E-state index contributed by atoms with van der Waals surface area (Å²) in [6.07, 6.45) is 0. The monoisotopic (exact) mass is 159 g/mol. The van der Waals surface area contributed by atoms with Crippen LogP contribution in [0.2, 0.25) is 0 Å². The maximum absolute atomic E-state index is 5.44. The summed E-state index contributed by atoms with van der Waals surface area (Å²) < 4.78 is 0. The van der Waals surface area contributed by atoms with Crippen LogP contribution in [0.3, 0.4) is 0 Å². The molecule has 0 heterocycles. The topological polar surface area (TPSA) is 50.7 Å². The molecule has 0 aromatic heterocycles. The predicted molar refractivity (Wildman–Crippen MR) is 48.5 cm³/mol. The molecule has 4 heteroatoms. The zero-order chi connectivity index (χ0) is 7.98. The van der Waals surface area contributed by atoms with Crippen molar-refractivity contribution in [3.05, 3.63) is 0 Å².